The van der Waals surface area contributed by atoms with Gasteiger partial charge in [0.25, 0.3) is 0 Å². The van der Waals surface area contributed by atoms with Crippen molar-refractivity contribution in [2.24, 2.45) is 0 Å². The zero-order chi connectivity index (χ0) is 10.6. The molecule has 1 aromatic rings. The van der Waals surface area contributed by atoms with E-state index in [9.17, 15) is 0 Å². The maximum absolute atomic E-state index is 6.09. The molecule has 76 valence electrons. The lowest BCUT2D eigenvalue weighted by atomic mass is 10.2. The van der Waals surface area contributed by atoms with Crippen LogP contribution in [0.5, 0.6) is 5.75 Å². The summed E-state index contributed by atoms with van der Waals surface area (Å²) in [6.45, 7) is 2.07. The molecule has 0 N–H and O–H groups in total. The van der Waals surface area contributed by atoms with E-state index in [1.165, 1.54) is 0 Å². The predicted octanol–water partition coefficient (Wildman–Crippen LogP) is 4.43. The molecule has 0 aliphatic carbocycles. The number of benzene rings is 1. The van der Waals surface area contributed by atoms with Crippen LogP contribution in [-0.2, 0) is 0 Å². The van der Waals surface area contributed by atoms with Crippen molar-refractivity contribution in [1.29, 1.82) is 0 Å². The molecule has 0 unspecified atom stereocenters. The van der Waals surface area contributed by atoms with E-state index in [4.69, 9.17) is 27.9 Å². The summed E-state index contributed by atoms with van der Waals surface area (Å²) in [6, 6.07) is 3.65. The summed E-state index contributed by atoms with van der Waals surface area (Å²) in [5, 5.41) is 1.09. The Morgan fingerprint density at radius 3 is 2.64 bits per heavy atom. The number of rotatable bonds is 3. The van der Waals surface area contributed by atoms with Crippen molar-refractivity contribution in [2.45, 2.75) is 13.3 Å². The molecule has 0 aliphatic heterocycles. The standard InChI is InChI=1S/C11H12Cl2O/c1-3-4-5-8-6-7-9(12)11(14-2)10(8)13/h4-7H,3H2,1-2H3/b5-4+. The van der Waals surface area contributed by atoms with Gasteiger partial charge in [-0.25, -0.2) is 0 Å². The van der Waals surface area contributed by atoms with Gasteiger partial charge in [0.2, 0.25) is 0 Å². The summed E-state index contributed by atoms with van der Waals surface area (Å²) in [4.78, 5) is 0. The second-order valence-electron chi connectivity index (χ2n) is 2.79. The summed E-state index contributed by atoms with van der Waals surface area (Å²) in [6.07, 6.45) is 4.97. The minimum Gasteiger partial charge on any atom is -0.494 e. The topological polar surface area (TPSA) is 9.23 Å². The van der Waals surface area contributed by atoms with Crippen LogP contribution >= 0.6 is 23.2 Å². The molecule has 0 bridgehead atoms. The molecule has 0 amide bonds. The average Bonchev–Trinajstić information content (AvgIpc) is 2.18. The van der Waals surface area contributed by atoms with Gasteiger partial charge in [-0.2, -0.15) is 0 Å². The first-order valence-electron chi connectivity index (χ1n) is 4.39. The monoisotopic (exact) mass is 230 g/mol. The third-order valence-corrected chi connectivity index (χ3v) is 2.50. The van der Waals surface area contributed by atoms with Crippen LogP contribution in [0.4, 0.5) is 0 Å². The van der Waals surface area contributed by atoms with E-state index in [-0.39, 0.29) is 0 Å². The molecule has 0 saturated heterocycles. The highest BCUT2D eigenvalue weighted by molar-refractivity contribution is 6.38. The summed E-state index contributed by atoms with van der Waals surface area (Å²) in [7, 11) is 1.56. The molecule has 0 atom stereocenters. The first-order valence-corrected chi connectivity index (χ1v) is 5.14. The zero-order valence-corrected chi connectivity index (χ0v) is 9.69. The number of allylic oxidation sites excluding steroid dienone is 1. The molecule has 0 radical (unpaired) electrons. The van der Waals surface area contributed by atoms with Crippen LogP contribution in [0.25, 0.3) is 6.08 Å². The molecule has 0 aromatic heterocycles. The number of halogens is 2. The number of hydrogen-bond acceptors (Lipinski definition) is 1. The first-order chi connectivity index (χ1) is 6.70. The van der Waals surface area contributed by atoms with E-state index >= 15 is 0 Å². The van der Waals surface area contributed by atoms with Crippen molar-refractivity contribution in [3.8, 4) is 5.75 Å². The van der Waals surface area contributed by atoms with Gasteiger partial charge in [-0.05, 0) is 18.1 Å². The number of methoxy groups -OCH3 is 1. The molecule has 3 heteroatoms. The molecule has 1 nitrogen and oxygen atoms in total. The van der Waals surface area contributed by atoms with E-state index < -0.39 is 0 Å². The Balaban J connectivity index is 3.14. The van der Waals surface area contributed by atoms with Gasteiger partial charge in [-0.1, -0.05) is 48.3 Å². The molecule has 0 saturated carbocycles. The maximum Gasteiger partial charge on any atom is 0.156 e. The van der Waals surface area contributed by atoms with E-state index in [1.54, 1.807) is 13.2 Å². The molecule has 0 heterocycles. The van der Waals surface area contributed by atoms with Crippen molar-refractivity contribution >= 4 is 29.3 Å². The SMILES string of the molecule is CC/C=C/c1ccc(Cl)c(OC)c1Cl. The predicted molar refractivity (Wildman–Crippen MR) is 62.3 cm³/mol. The Morgan fingerprint density at radius 1 is 1.36 bits per heavy atom. The molecule has 1 rings (SSSR count). The quantitative estimate of drug-likeness (QED) is 0.747. The number of hydrogen-bond donors (Lipinski definition) is 0. The lowest BCUT2D eigenvalue weighted by Crippen LogP contribution is -1.87. The smallest absolute Gasteiger partial charge is 0.156 e. The highest BCUT2D eigenvalue weighted by Gasteiger charge is 2.08. The third kappa shape index (κ3) is 2.43. The van der Waals surface area contributed by atoms with Crippen LogP contribution < -0.4 is 4.74 Å². The average molecular weight is 231 g/mol. The first kappa shape index (κ1) is 11.4. The fourth-order valence-corrected chi connectivity index (χ4v) is 1.70. The minimum absolute atomic E-state index is 0.533. The number of ether oxygens (including phenoxy) is 1. The van der Waals surface area contributed by atoms with Gasteiger partial charge in [0.15, 0.2) is 5.75 Å². The Bertz CT molecular complexity index is 345. The van der Waals surface area contributed by atoms with Gasteiger partial charge >= 0.3 is 0 Å². The van der Waals surface area contributed by atoms with Gasteiger partial charge in [-0.15, -0.1) is 0 Å². The van der Waals surface area contributed by atoms with E-state index in [0.717, 1.165) is 12.0 Å². The largest absolute Gasteiger partial charge is 0.494 e. The van der Waals surface area contributed by atoms with Crippen LogP contribution in [0, 0.1) is 0 Å². The van der Waals surface area contributed by atoms with Crippen LogP contribution in [0.3, 0.4) is 0 Å². The minimum atomic E-state index is 0.533. The fourth-order valence-electron chi connectivity index (χ4n) is 1.11. The van der Waals surface area contributed by atoms with Crippen LogP contribution in [0.15, 0.2) is 18.2 Å². The third-order valence-electron chi connectivity index (χ3n) is 1.82. The Morgan fingerprint density at radius 2 is 2.07 bits per heavy atom. The van der Waals surface area contributed by atoms with Crippen LogP contribution in [0.2, 0.25) is 10.0 Å². The lowest BCUT2D eigenvalue weighted by molar-refractivity contribution is 0.415. The van der Waals surface area contributed by atoms with Crippen LogP contribution in [0.1, 0.15) is 18.9 Å². The summed E-state index contributed by atoms with van der Waals surface area (Å²) >= 11 is 12.0. The molecule has 14 heavy (non-hydrogen) atoms. The lowest BCUT2D eigenvalue weighted by Gasteiger charge is -2.07. The summed E-state index contributed by atoms with van der Waals surface area (Å²) in [5.41, 5.74) is 0.926. The normalized spacial score (nSPS) is 10.9. The van der Waals surface area contributed by atoms with Gasteiger partial charge in [0, 0.05) is 0 Å². The van der Waals surface area contributed by atoms with E-state index in [0.29, 0.717) is 15.8 Å². The molecule has 1 aromatic carbocycles. The maximum atomic E-state index is 6.09. The Labute approximate surface area is 94.3 Å². The van der Waals surface area contributed by atoms with Crippen molar-refractivity contribution < 1.29 is 4.74 Å². The molecule has 0 aliphatic rings. The zero-order valence-electron chi connectivity index (χ0n) is 8.18. The van der Waals surface area contributed by atoms with E-state index in [2.05, 4.69) is 6.92 Å². The summed E-state index contributed by atoms with van der Waals surface area (Å²) < 4.78 is 5.10. The summed E-state index contributed by atoms with van der Waals surface area (Å²) in [5.74, 6) is 0.534. The second-order valence-corrected chi connectivity index (χ2v) is 3.58. The molecular formula is C11H12Cl2O. The molecular weight excluding hydrogens is 219 g/mol. The Kier molecular flexibility index (Phi) is 4.30. The van der Waals surface area contributed by atoms with Crippen molar-refractivity contribution in [2.75, 3.05) is 7.11 Å². The van der Waals surface area contributed by atoms with Crippen molar-refractivity contribution in [3.05, 3.63) is 33.8 Å². The van der Waals surface area contributed by atoms with Gasteiger partial charge < -0.3 is 4.74 Å². The van der Waals surface area contributed by atoms with Gasteiger partial charge in [0.05, 0.1) is 17.2 Å². The van der Waals surface area contributed by atoms with E-state index in [1.807, 2.05) is 18.2 Å². The van der Waals surface area contributed by atoms with Crippen molar-refractivity contribution in [3.63, 3.8) is 0 Å². The van der Waals surface area contributed by atoms with Crippen molar-refractivity contribution in [1.82, 2.24) is 0 Å². The van der Waals surface area contributed by atoms with Gasteiger partial charge in [-0.3, -0.25) is 0 Å². The molecule has 0 spiro atoms. The highest BCUT2D eigenvalue weighted by atomic mass is 35.5. The van der Waals surface area contributed by atoms with Gasteiger partial charge in [0.1, 0.15) is 0 Å². The second kappa shape index (κ2) is 5.28. The Hall–Kier alpha value is -0.660. The molecule has 0 fully saturated rings. The fraction of sp³-hybridized carbons (Fsp3) is 0.273. The highest BCUT2D eigenvalue weighted by Crippen LogP contribution is 2.35. The van der Waals surface area contributed by atoms with Crippen LogP contribution in [-0.4, -0.2) is 7.11 Å².